The first-order chi connectivity index (χ1) is 5.48. The maximum absolute atomic E-state index is 5.82. The van der Waals surface area contributed by atoms with Crippen molar-refractivity contribution in [2.45, 2.75) is 33.6 Å². The molecular weight excluding hydrogens is 148 g/mol. The molecule has 1 fully saturated rings. The summed E-state index contributed by atoms with van der Waals surface area (Å²) in [6.45, 7) is 8.51. The molecule has 0 aromatic rings. The fourth-order valence-electron chi connectivity index (χ4n) is 2.45. The summed E-state index contributed by atoms with van der Waals surface area (Å²) in [5.74, 6) is 0.658. The predicted molar refractivity (Wildman–Crippen MR) is 52.7 cm³/mol. The second-order valence-corrected chi connectivity index (χ2v) is 4.96. The van der Waals surface area contributed by atoms with E-state index in [1.54, 1.807) is 0 Å². The van der Waals surface area contributed by atoms with Gasteiger partial charge in [-0.25, -0.2) is 0 Å². The average molecular weight is 170 g/mol. The molecule has 0 aromatic heterocycles. The highest BCUT2D eigenvalue weighted by Crippen LogP contribution is 2.54. The second-order valence-electron chi connectivity index (χ2n) is 4.96. The molecular formula is C10H22N2. The standard InChI is InChI=1S/C10H22N2/c1-9(2)8(6-11)4-5-10(9,3)7-12/h8H,4-7,11-12H2,1-3H3/t8-,10+/m1/s1. The van der Waals surface area contributed by atoms with Gasteiger partial charge in [0.25, 0.3) is 0 Å². The van der Waals surface area contributed by atoms with Crippen LogP contribution in [-0.2, 0) is 0 Å². The highest BCUT2D eigenvalue weighted by atomic mass is 14.7. The normalized spacial score (nSPS) is 40.2. The lowest BCUT2D eigenvalue weighted by molar-refractivity contribution is 0.100. The van der Waals surface area contributed by atoms with E-state index in [9.17, 15) is 0 Å². The van der Waals surface area contributed by atoms with E-state index in [-0.39, 0.29) is 0 Å². The molecule has 1 aliphatic rings. The van der Waals surface area contributed by atoms with Crippen molar-refractivity contribution in [2.75, 3.05) is 13.1 Å². The van der Waals surface area contributed by atoms with E-state index in [1.165, 1.54) is 12.8 Å². The lowest BCUT2D eigenvalue weighted by atomic mass is 9.66. The molecule has 2 heteroatoms. The monoisotopic (exact) mass is 170 g/mol. The maximum atomic E-state index is 5.82. The van der Waals surface area contributed by atoms with Gasteiger partial charge in [0.15, 0.2) is 0 Å². The van der Waals surface area contributed by atoms with E-state index >= 15 is 0 Å². The molecule has 0 saturated heterocycles. The molecule has 0 radical (unpaired) electrons. The molecule has 0 heterocycles. The number of hydrogen-bond acceptors (Lipinski definition) is 2. The topological polar surface area (TPSA) is 52.0 Å². The Bertz CT molecular complexity index is 165. The van der Waals surface area contributed by atoms with Crippen LogP contribution in [0, 0.1) is 16.7 Å². The summed E-state index contributed by atoms with van der Waals surface area (Å²) in [6, 6.07) is 0. The highest BCUT2D eigenvalue weighted by Gasteiger charge is 2.49. The molecule has 0 bridgehead atoms. The summed E-state index contributed by atoms with van der Waals surface area (Å²) in [4.78, 5) is 0. The lowest BCUT2D eigenvalue weighted by Gasteiger charge is -2.40. The summed E-state index contributed by atoms with van der Waals surface area (Å²) in [7, 11) is 0. The van der Waals surface area contributed by atoms with E-state index in [4.69, 9.17) is 11.5 Å². The average Bonchev–Trinajstić information content (AvgIpc) is 2.25. The third-order valence-electron chi connectivity index (χ3n) is 4.36. The first-order valence-electron chi connectivity index (χ1n) is 4.88. The Morgan fingerprint density at radius 1 is 1.25 bits per heavy atom. The van der Waals surface area contributed by atoms with Crippen molar-refractivity contribution in [3.63, 3.8) is 0 Å². The van der Waals surface area contributed by atoms with E-state index in [0.717, 1.165) is 13.1 Å². The van der Waals surface area contributed by atoms with Crippen LogP contribution in [0.3, 0.4) is 0 Å². The fraction of sp³-hybridized carbons (Fsp3) is 1.00. The van der Waals surface area contributed by atoms with Gasteiger partial charge in [0.05, 0.1) is 0 Å². The number of hydrogen-bond donors (Lipinski definition) is 2. The number of rotatable bonds is 2. The first-order valence-corrected chi connectivity index (χ1v) is 4.88. The van der Waals surface area contributed by atoms with Crippen molar-refractivity contribution in [2.24, 2.45) is 28.2 Å². The van der Waals surface area contributed by atoms with Crippen molar-refractivity contribution < 1.29 is 0 Å². The zero-order valence-corrected chi connectivity index (χ0v) is 8.56. The van der Waals surface area contributed by atoms with Crippen LogP contribution < -0.4 is 11.5 Å². The van der Waals surface area contributed by atoms with Crippen LogP contribution >= 0.6 is 0 Å². The molecule has 4 N–H and O–H groups in total. The van der Waals surface area contributed by atoms with Gasteiger partial charge in [-0.1, -0.05) is 20.8 Å². The third kappa shape index (κ3) is 1.17. The quantitative estimate of drug-likeness (QED) is 0.657. The van der Waals surface area contributed by atoms with Crippen LogP contribution in [-0.4, -0.2) is 13.1 Å². The Labute approximate surface area is 75.7 Å². The van der Waals surface area contributed by atoms with Crippen molar-refractivity contribution in [3.05, 3.63) is 0 Å². The van der Waals surface area contributed by atoms with Gasteiger partial charge in [-0.3, -0.25) is 0 Å². The summed E-state index contributed by atoms with van der Waals surface area (Å²) in [5.41, 5.74) is 12.2. The van der Waals surface area contributed by atoms with Gasteiger partial charge < -0.3 is 11.5 Å². The van der Waals surface area contributed by atoms with E-state index in [1.807, 2.05) is 0 Å². The van der Waals surface area contributed by atoms with Crippen LogP contribution in [0.2, 0.25) is 0 Å². The largest absolute Gasteiger partial charge is 0.330 e. The van der Waals surface area contributed by atoms with Crippen LogP contribution in [0.25, 0.3) is 0 Å². The van der Waals surface area contributed by atoms with Gasteiger partial charge in [-0.2, -0.15) is 0 Å². The minimum Gasteiger partial charge on any atom is -0.330 e. The molecule has 1 aliphatic carbocycles. The van der Waals surface area contributed by atoms with Crippen molar-refractivity contribution >= 4 is 0 Å². The summed E-state index contributed by atoms with van der Waals surface area (Å²) in [5, 5.41) is 0. The molecule has 0 amide bonds. The smallest absolute Gasteiger partial charge is 0.00180 e. The van der Waals surface area contributed by atoms with Crippen LogP contribution in [0.1, 0.15) is 33.6 Å². The van der Waals surface area contributed by atoms with Gasteiger partial charge in [0.1, 0.15) is 0 Å². The van der Waals surface area contributed by atoms with Gasteiger partial charge in [-0.15, -0.1) is 0 Å². The predicted octanol–water partition coefficient (Wildman–Crippen LogP) is 1.35. The summed E-state index contributed by atoms with van der Waals surface area (Å²) in [6.07, 6.45) is 2.48. The van der Waals surface area contributed by atoms with Crippen molar-refractivity contribution in [1.29, 1.82) is 0 Å². The molecule has 2 nitrogen and oxygen atoms in total. The van der Waals surface area contributed by atoms with Gasteiger partial charge >= 0.3 is 0 Å². The molecule has 0 spiro atoms. The van der Waals surface area contributed by atoms with E-state index in [0.29, 0.717) is 16.7 Å². The Morgan fingerprint density at radius 3 is 2.08 bits per heavy atom. The Kier molecular flexibility index (Phi) is 2.50. The zero-order valence-electron chi connectivity index (χ0n) is 8.56. The zero-order chi connectivity index (χ0) is 9.41. The molecule has 1 saturated carbocycles. The summed E-state index contributed by atoms with van der Waals surface area (Å²) < 4.78 is 0. The van der Waals surface area contributed by atoms with E-state index in [2.05, 4.69) is 20.8 Å². The first kappa shape index (κ1) is 10.0. The molecule has 0 unspecified atom stereocenters. The summed E-state index contributed by atoms with van der Waals surface area (Å²) >= 11 is 0. The van der Waals surface area contributed by atoms with Crippen molar-refractivity contribution in [3.8, 4) is 0 Å². The maximum Gasteiger partial charge on any atom is -0.00180 e. The molecule has 72 valence electrons. The SMILES string of the molecule is CC1(C)[C@@H](CN)CC[C@@]1(C)CN. The Morgan fingerprint density at radius 2 is 1.83 bits per heavy atom. The number of nitrogens with two attached hydrogens (primary N) is 2. The molecule has 12 heavy (non-hydrogen) atoms. The molecule has 1 rings (SSSR count). The van der Waals surface area contributed by atoms with Gasteiger partial charge in [-0.05, 0) is 42.7 Å². The third-order valence-corrected chi connectivity index (χ3v) is 4.36. The van der Waals surface area contributed by atoms with Crippen LogP contribution in [0.4, 0.5) is 0 Å². The minimum absolute atomic E-state index is 0.303. The second kappa shape index (κ2) is 3.00. The minimum atomic E-state index is 0.303. The Hall–Kier alpha value is -0.0800. The van der Waals surface area contributed by atoms with Gasteiger partial charge in [0.2, 0.25) is 0 Å². The molecule has 0 aliphatic heterocycles. The lowest BCUT2D eigenvalue weighted by Crippen LogP contribution is -2.41. The fourth-order valence-corrected chi connectivity index (χ4v) is 2.45. The van der Waals surface area contributed by atoms with Crippen LogP contribution in [0.5, 0.6) is 0 Å². The highest BCUT2D eigenvalue weighted by molar-refractivity contribution is 5.00. The Balaban J connectivity index is 2.84. The van der Waals surface area contributed by atoms with Gasteiger partial charge in [0, 0.05) is 0 Å². The van der Waals surface area contributed by atoms with Crippen LogP contribution in [0.15, 0.2) is 0 Å². The molecule has 0 aromatic carbocycles. The van der Waals surface area contributed by atoms with Crippen molar-refractivity contribution in [1.82, 2.24) is 0 Å². The van der Waals surface area contributed by atoms with E-state index < -0.39 is 0 Å². The molecule has 2 atom stereocenters.